The van der Waals surface area contributed by atoms with Gasteiger partial charge in [-0.05, 0) is 25.7 Å². The molecule has 0 amide bonds. The number of hydrogen-bond acceptors (Lipinski definition) is 3. The zero-order valence-corrected chi connectivity index (χ0v) is 8.60. The third kappa shape index (κ3) is 1.75. The highest BCUT2D eigenvalue weighted by Crippen LogP contribution is 2.43. The Morgan fingerprint density at radius 1 is 1.71 bits per heavy atom. The number of aryl methyl sites for hydroxylation is 1. The van der Waals surface area contributed by atoms with E-state index in [1.54, 1.807) is 6.20 Å². The van der Waals surface area contributed by atoms with Crippen molar-refractivity contribution in [1.29, 1.82) is 0 Å². The fourth-order valence-corrected chi connectivity index (χ4v) is 1.73. The van der Waals surface area contributed by atoms with Gasteiger partial charge in [0.1, 0.15) is 11.9 Å². The largest absolute Gasteiger partial charge is 0.492 e. The number of nitrogens with zero attached hydrogens (tertiary/aromatic N) is 2. The first-order valence-electron chi connectivity index (χ1n) is 5.06. The van der Waals surface area contributed by atoms with Crippen molar-refractivity contribution in [2.75, 3.05) is 6.61 Å². The van der Waals surface area contributed by atoms with Crippen LogP contribution in [0.2, 0.25) is 0 Å². The Hall–Kier alpha value is -1.03. The average molecular weight is 196 g/mol. The quantitative estimate of drug-likeness (QED) is 0.795. The van der Waals surface area contributed by atoms with E-state index >= 15 is 0 Å². The van der Waals surface area contributed by atoms with Crippen LogP contribution in [-0.2, 0) is 11.8 Å². The molecule has 4 heteroatoms. The number of aromatic nitrogens is 2. The first-order valence-corrected chi connectivity index (χ1v) is 5.06. The summed E-state index contributed by atoms with van der Waals surface area (Å²) in [6, 6.07) is 0. The lowest BCUT2D eigenvalue weighted by Crippen LogP contribution is -2.11. The molecular formula is C10H16N2O2. The van der Waals surface area contributed by atoms with Gasteiger partial charge in [-0.3, -0.25) is 0 Å². The van der Waals surface area contributed by atoms with Gasteiger partial charge in [-0.1, -0.05) is 0 Å². The third-order valence-electron chi connectivity index (χ3n) is 2.55. The summed E-state index contributed by atoms with van der Waals surface area (Å²) in [5, 5.41) is 9.27. The maximum Gasteiger partial charge on any atom is 0.229 e. The highest BCUT2D eigenvalue weighted by Gasteiger charge is 2.35. The average Bonchev–Trinajstić information content (AvgIpc) is 2.89. The first-order chi connectivity index (χ1) is 6.72. The maximum absolute atomic E-state index is 9.27. The molecule has 4 nitrogen and oxygen atoms in total. The molecule has 14 heavy (non-hydrogen) atoms. The number of hydrogen-bond donors (Lipinski definition) is 1. The van der Waals surface area contributed by atoms with E-state index in [1.165, 1.54) is 12.8 Å². The minimum Gasteiger partial charge on any atom is -0.492 e. The van der Waals surface area contributed by atoms with Gasteiger partial charge in [-0.15, -0.1) is 0 Å². The molecule has 0 aliphatic heterocycles. The second-order valence-electron chi connectivity index (χ2n) is 3.78. The molecule has 1 aliphatic rings. The highest BCUT2D eigenvalue weighted by molar-refractivity contribution is 5.11. The van der Waals surface area contributed by atoms with Crippen LogP contribution in [0, 0.1) is 5.92 Å². The van der Waals surface area contributed by atoms with E-state index in [4.69, 9.17) is 4.74 Å². The first kappa shape index (κ1) is 9.52. The van der Waals surface area contributed by atoms with E-state index < -0.39 is 0 Å². The second-order valence-corrected chi connectivity index (χ2v) is 3.78. The lowest BCUT2D eigenvalue weighted by Gasteiger charge is -2.15. The lowest BCUT2D eigenvalue weighted by atomic mass is 10.2. The summed E-state index contributed by atoms with van der Waals surface area (Å²) in [6.45, 7) is 2.67. The minimum atomic E-state index is 0.0610. The minimum absolute atomic E-state index is 0.0610. The van der Waals surface area contributed by atoms with Crippen molar-refractivity contribution in [3.63, 3.8) is 0 Å². The Labute approximate surface area is 83.5 Å². The van der Waals surface area contributed by atoms with E-state index in [0.717, 1.165) is 5.82 Å². The predicted molar refractivity (Wildman–Crippen MR) is 52.0 cm³/mol. The van der Waals surface area contributed by atoms with Crippen molar-refractivity contribution in [3.8, 4) is 5.88 Å². The number of rotatable bonds is 4. The van der Waals surface area contributed by atoms with E-state index in [0.29, 0.717) is 12.5 Å². The van der Waals surface area contributed by atoms with E-state index in [2.05, 4.69) is 4.98 Å². The summed E-state index contributed by atoms with van der Waals surface area (Å²) >= 11 is 0. The highest BCUT2D eigenvalue weighted by atomic mass is 16.5. The summed E-state index contributed by atoms with van der Waals surface area (Å²) in [5.74, 6) is 1.51. The molecule has 0 bridgehead atoms. The molecule has 1 saturated carbocycles. The van der Waals surface area contributed by atoms with Crippen molar-refractivity contribution < 1.29 is 9.84 Å². The zero-order valence-electron chi connectivity index (χ0n) is 8.60. The van der Waals surface area contributed by atoms with Crippen molar-refractivity contribution in [3.05, 3.63) is 12.0 Å². The predicted octanol–water partition coefficient (Wildman–Crippen LogP) is 1.61. The summed E-state index contributed by atoms with van der Waals surface area (Å²) in [4.78, 5) is 4.08. The molecule has 1 atom stereocenters. The van der Waals surface area contributed by atoms with Crippen LogP contribution in [-0.4, -0.2) is 21.3 Å². The summed E-state index contributed by atoms with van der Waals surface area (Å²) in [7, 11) is 1.89. The summed E-state index contributed by atoms with van der Waals surface area (Å²) < 4.78 is 7.49. The molecule has 78 valence electrons. The smallest absolute Gasteiger partial charge is 0.229 e. The van der Waals surface area contributed by atoms with Gasteiger partial charge < -0.3 is 14.4 Å². The van der Waals surface area contributed by atoms with Gasteiger partial charge in [0.2, 0.25) is 5.88 Å². The van der Waals surface area contributed by atoms with Gasteiger partial charge in [0.25, 0.3) is 0 Å². The molecule has 1 fully saturated rings. The Morgan fingerprint density at radius 3 is 2.86 bits per heavy atom. The molecule has 1 N–H and O–H groups in total. The normalized spacial score (nSPS) is 18.4. The van der Waals surface area contributed by atoms with Crippen molar-refractivity contribution in [2.45, 2.75) is 25.9 Å². The Morgan fingerprint density at radius 2 is 2.43 bits per heavy atom. The van der Waals surface area contributed by atoms with Crippen molar-refractivity contribution >= 4 is 0 Å². The number of aromatic hydroxyl groups is 1. The molecule has 0 aromatic carbocycles. The van der Waals surface area contributed by atoms with Crippen LogP contribution >= 0.6 is 0 Å². The molecule has 1 aliphatic carbocycles. The topological polar surface area (TPSA) is 47.3 Å². The molecule has 1 heterocycles. The van der Waals surface area contributed by atoms with Gasteiger partial charge in [0.05, 0.1) is 6.20 Å². The molecule has 1 aromatic rings. The number of ether oxygens (including phenoxy) is 1. The zero-order chi connectivity index (χ0) is 10.1. The van der Waals surface area contributed by atoms with Crippen LogP contribution in [0.5, 0.6) is 5.88 Å². The lowest BCUT2D eigenvalue weighted by molar-refractivity contribution is 0.0380. The van der Waals surface area contributed by atoms with Gasteiger partial charge in [0.15, 0.2) is 0 Å². The molecule has 0 saturated heterocycles. The van der Waals surface area contributed by atoms with Gasteiger partial charge in [0, 0.05) is 13.7 Å². The Kier molecular flexibility index (Phi) is 2.46. The van der Waals surface area contributed by atoms with Crippen LogP contribution in [0.4, 0.5) is 0 Å². The van der Waals surface area contributed by atoms with Crippen LogP contribution < -0.4 is 0 Å². The van der Waals surface area contributed by atoms with Gasteiger partial charge in [-0.2, -0.15) is 4.98 Å². The SMILES string of the molecule is CCOC(c1nc(O)cn1C)C1CC1. The van der Waals surface area contributed by atoms with Crippen molar-refractivity contribution in [1.82, 2.24) is 9.55 Å². The Bertz CT molecular complexity index is 318. The standard InChI is InChI=1S/C10H16N2O2/c1-3-14-9(7-4-5-7)10-11-8(13)6-12(10)2/h6-7,9,13H,3-5H2,1-2H3. The maximum atomic E-state index is 9.27. The molecule has 2 rings (SSSR count). The van der Waals surface area contributed by atoms with Crippen LogP contribution in [0.25, 0.3) is 0 Å². The summed E-state index contributed by atoms with van der Waals surface area (Å²) in [6.07, 6.45) is 4.09. The molecule has 1 unspecified atom stereocenters. The van der Waals surface area contributed by atoms with Crippen LogP contribution in [0.15, 0.2) is 6.20 Å². The number of imidazole rings is 1. The van der Waals surface area contributed by atoms with Crippen LogP contribution in [0.1, 0.15) is 31.7 Å². The molecule has 1 aromatic heterocycles. The third-order valence-corrected chi connectivity index (χ3v) is 2.55. The van der Waals surface area contributed by atoms with E-state index in [1.807, 2.05) is 18.5 Å². The molecule has 0 spiro atoms. The molecular weight excluding hydrogens is 180 g/mol. The van der Waals surface area contributed by atoms with Crippen LogP contribution in [0.3, 0.4) is 0 Å². The van der Waals surface area contributed by atoms with E-state index in [9.17, 15) is 5.11 Å². The second kappa shape index (κ2) is 3.61. The Balaban J connectivity index is 2.20. The summed E-state index contributed by atoms with van der Waals surface area (Å²) in [5.41, 5.74) is 0. The fraction of sp³-hybridized carbons (Fsp3) is 0.700. The fourth-order valence-electron chi connectivity index (χ4n) is 1.73. The van der Waals surface area contributed by atoms with Gasteiger partial charge in [-0.25, -0.2) is 0 Å². The van der Waals surface area contributed by atoms with Gasteiger partial charge >= 0.3 is 0 Å². The van der Waals surface area contributed by atoms with E-state index in [-0.39, 0.29) is 12.0 Å². The van der Waals surface area contributed by atoms with Crippen molar-refractivity contribution in [2.24, 2.45) is 13.0 Å². The monoisotopic (exact) mass is 196 g/mol. The molecule has 0 radical (unpaired) electrons.